The van der Waals surface area contributed by atoms with Crippen LogP contribution in [-0.4, -0.2) is 40.0 Å². The van der Waals surface area contributed by atoms with Gasteiger partial charge in [0.05, 0.1) is 18.8 Å². The highest BCUT2D eigenvalue weighted by Gasteiger charge is 2.30. The minimum Gasteiger partial charge on any atom is -0.394 e. The number of nitrogens with one attached hydrogen (secondary N) is 1. The summed E-state index contributed by atoms with van der Waals surface area (Å²) >= 11 is 0. The highest BCUT2D eigenvalue weighted by molar-refractivity contribution is 5.93. The van der Waals surface area contributed by atoms with E-state index in [1.807, 2.05) is 30.3 Å². The maximum Gasteiger partial charge on any atom is 0.274 e. The summed E-state index contributed by atoms with van der Waals surface area (Å²) in [6.45, 7) is 1.06. The summed E-state index contributed by atoms with van der Waals surface area (Å²) in [5.41, 5.74) is -0.133. The second kappa shape index (κ2) is 6.51. The number of benzene rings is 1. The third kappa shape index (κ3) is 3.29. The predicted molar refractivity (Wildman–Crippen MR) is 76.6 cm³/mol. The van der Waals surface area contributed by atoms with E-state index in [0.717, 1.165) is 5.56 Å². The summed E-state index contributed by atoms with van der Waals surface area (Å²) in [4.78, 5) is 12.1. The van der Waals surface area contributed by atoms with Crippen LogP contribution in [0.3, 0.4) is 0 Å². The molecule has 1 heterocycles. The van der Waals surface area contributed by atoms with Crippen molar-refractivity contribution in [1.29, 1.82) is 0 Å². The average Bonchev–Trinajstić information content (AvgIpc) is 3.04. The molecule has 21 heavy (non-hydrogen) atoms. The van der Waals surface area contributed by atoms with Crippen LogP contribution in [0, 0.1) is 0 Å². The van der Waals surface area contributed by atoms with Gasteiger partial charge >= 0.3 is 0 Å². The van der Waals surface area contributed by atoms with Crippen LogP contribution in [0.2, 0.25) is 0 Å². The van der Waals surface area contributed by atoms with Gasteiger partial charge in [-0.2, -0.15) is 0 Å². The number of hydrogen-bond acceptors (Lipinski definition) is 5. The van der Waals surface area contributed by atoms with Gasteiger partial charge in [0.1, 0.15) is 0 Å². The summed E-state index contributed by atoms with van der Waals surface area (Å²) in [5.74, 6) is -0.0123. The standard InChI is InChI=1S/C15H18N2O4/c1-2-15(9-18,10-19)16-14(20)12-8-13(21-17-12)11-6-4-3-5-7-11/h3-8,18-19H,2,9-10H2,1H3,(H,16,20). The summed E-state index contributed by atoms with van der Waals surface area (Å²) < 4.78 is 5.15. The van der Waals surface area contributed by atoms with E-state index < -0.39 is 11.4 Å². The normalized spacial score (nSPS) is 11.4. The van der Waals surface area contributed by atoms with E-state index in [1.54, 1.807) is 6.92 Å². The van der Waals surface area contributed by atoms with Gasteiger partial charge in [-0.15, -0.1) is 0 Å². The monoisotopic (exact) mass is 290 g/mol. The Hall–Kier alpha value is -2.18. The third-order valence-corrected chi connectivity index (χ3v) is 3.46. The van der Waals surface area contributed by atoms with Crippen LogP contribution in [0.25, 0.3) is 11.3 Å². The molecule has 1 amide bonds. The molecule has 1 aromatic heterocycles. The van der Waals surface area contributed by atoms with E-state index in [9.17, 15) is 15.0 Å². The summed E-state index contributed by atoms with van der Waals surface area (Å²) in [5, 5.41) is 25.0. The first-order valence-corrected chi connectivity index (χ1v) is 6.70. The van der Waals surface area contributed by atoms with Crippen molar-refractivity contribution in [2.75, 3.05) is 13.2 Å². The van der Waals surface area contributed by atoms with Gasteiger partial charge in [-0.25, -0.2) is 0 Å². The molecule has 3 N–H and O–H groups in total. The Morgan fingerprint density at radius 1 is 1.29 bits per heavy atom. The van der Waals surface area contributed by atoms with Crippen molar-refractivity contribution in [2.45, 2.75) is 18.9 Å². The first-order valence-electron chi connectivity index (χ1n) is 6.70. The smallest absolute Gasteiger partial charge is 0.274 e. The number of aliphatic hydroxyl groups is 2. The van der Waals surface area contributed by atoms with Crippen LogP contribution in [0.4, 0.5) is 0 Å². The summed E-state index contributed by atoms with van der Waals surface area (Å²) in [7, 11) is 0. The van der Waals surface area contributed by atoms with Crippen LogP contribution in [0.1, 0.15) is 23.8 Å². The highest BCUT2D eigenvalue weighted by atomic mass is 16.5. The lowest BCUT2D eigenvalue weighted by Gasteiger charge is -2.29. The Bertz CT molecular complexity index is 582. The first-order chi connectivity index (χ1) is 10.1. The van der Waals surface area contributed by atoms with E-state index >= 15 is 0 Å². The number of nitrogens with zero attached hydrogens (tertiary/aromatic N) is 1. The molecule has 2 rings (SSSR count). The molecule has 0 spiro atoms. The van der Waals surface area contributed by atoms with Gasteiger partial charge in [-0.05, 0) is 6.42 Å². The lowest BCUT2D eigenvalue weighted by atomic mass is 9.98. The fourth-order valence-electron chi connectivity index (χ4n) is 1.87. The molecule has 0 fully saturated rings. The number of amides is 1. The quantitative estimate of drug-likeness (QED) is 0.743. The van der Waals surface area contributed by atoms with E-state index in [1.165, 1.54) is 6.07 Å². The fraction of sp³-hybridized carbons (Fsp3) is 0.333. The molecule has 0 radical (unpaired) electrons. The molecular formula is C15H18N2O4. The number of hydrogen-bond donors (Lipinski definition) is 3. The van der Waals surface area contributed by atoms with Crippen LogP contribution in [0.15, 0.2) is 40.9 Å². The van der Waals surface area contributed by atoms with E-state index in [-0.39, 0.29) is 18.9 Å². The van der Waals surface area contributed by atoms with Crippen molar-refractivity contribution < 1.29 is 19.5 Å². The minimum absolute atomic E-state index is 0.105. The number of carbonyl (C=O) groups excluding carboxylic acids is 1. The summed E-state index contributed by atoms with van der Waals surface area (Å²) in [6.07, 6.45) is 0.398. The highest BCUT2D eigenvalue weighted by Crippen LogP contribution is 2.20. The molecule has 0 aliphatic rings. The maximum absolute atomic E-state index is 12.1. The second-order valence-corrected chi connectivity index (χ2v) is 4.85. The number of rotatable bonds is 6. The largest absolute Gasteiger partial charge is 0.394 e. The number of carbonyl (C=O) groups is 1. The molecule has 2 aromatic rings. The molecule has 6 nitrogen and oxygen atoms in total. The zero-order valence-corrected chi connectivity index (χ0v) is 11.7. The molecule has 0 saturated heterocycles. The molecule has 0 aliphatic heterocycles. The Morgan fingerprint density at radius 2 is 1.95 bits per heavy atom. The van der Waals surface area contributed by atoms with E-state index in [2.05, 4.69) is 10.5 Å². The summed E-state index contributed by atoms with van der Waals surface area (Å²) in [6, 6.07) is 10.8. The van der Waals surface area contributed by atoms with Crippen molar-refractivity contribution in [3.05, 3.63) is 42.1 Å². The maximum atomic E-state index is 12.1. The first kappa shape index (κ1) is 15.2. The zero-order valence-electron chi connectivity index (χ0n) is 11.7. The molecule has 0 aliphatic carbocycles. The molecule has 6 heteroatoms. The van der Waals surface area contributed by atoms with Crippen molar-refractivity contribution in [2.24, 2.45) is 0 Å². The van der Waals surface area contributed by atoms with Crippen LogP contribution < -0.4 is 5.32 Å². The number of aromatic nitrogens is 1. The fourth-order valence-corrected chi connectivity index (χ4v) is 1.87. The SMILES string of the molecule is CCC(CO)(CO)NC(=O)c1cc(-c2ccccc2)on1. The average molecular weight is 290 g/mol. The molecule has 0 atom stereocenters. The molecule has 1 aromatic carbocycles. The predicted octanol–water partition coefficient (Wildman–Crippen LogP) is 1.20. The lowest BCUT2D eigenvalue weighted by Crippen LogP contribution is -2.53. The Balaban J connectivity index is 2.16. The van der Waals surface area contributed by atoms with Gasteiger partial charge in [0, 0.05) is 11.6 Å². The molecule has 112 valence electrons. The van der Waals surface area contributed by atoms with Crippen molar-refractivity contribution in [3.8, 4) is 11.3 Å². The van der Waals surface area contributed by atoms with Crippen molar-refractivity contribution >= 4 is 5.91 Å². The van der Waals surface area contributed by atoms with Gasteiger partial charge < -0.3 is 20.1 Å². The second-order valence-electron chi connectivity index (χ2n) is 4.85. The Kier molecular flexibility index (Phi) is 4.72. The van der Waals surface area contributed by atoms with E-state index in [4.69, 9.17) is 4.52 Å². The topological polar surface area (TPSA) is 95.6 Å². The molecular weight excluding hydrogens is 272 g/mol. The van der Waals surface area contributed by atoms with Crippen LogP contribution in [-0.2, 0) is 0 Å². The van der Waals surface area contributed by atoms with Crippen LogP contribution >= 0.6 is 0 Å². The minimum atomic E-state index is -1.05. The van der Waals surface area contributed by atoms with Gasteiger partial charge in [-0.3, -0.25) is 4.79 Å². The lowest BCUT2D eigenvalue weighted by molar-refractivity contribution is 0.0646. The van der Waals surface area contributed by atoms with Gasteiger partial charge in [-0.1, -0.05) is 42.4 Å². The Labute approximate surface area is 122 Å². The molecule has 0 bridgehead atoms. The molecule has 0 saturated carbocycles. The number of aliphatic hydroxyl groups excluding tert-OH is 2. The van der Waals surface area contributed by atoms with Crippen LogP contribution in [0.5, 0.6) is 0 Å². The third-order valence-electron chi connectivity index (χ3n) is 3.46. The Morgan fingerprint density at radius 3 is 2.52 bits per heavy atom. The van der Waals surface area contributed by atoms with Gasteiger partial charge in [0.15, 0.2) is 11.5 Å². The molecule has 0 unspecified atom stereocenters. The van der Waals surface area contributed by atoms with Crippen molar-refractivity contribution in [3.63, 3.8) is 0 Å². The van der Waals surface area contributed by atoms with Gasteiger partial charge in [0.2, 0.25) is 0 Å². The van der Waals surface area contributed by atoms with E-state index in [0.29, 0.717) is 12.2 Å². The zero-order chi connectivity index (χ0) is 15.3. The van der Waals surface area contributed by atoms with Crippen molar-refractivity contribution in [1.82, 2.24) is 10.5 Å². The van der Waals surface area contributed by atoms with Gasteiger partial charge in [0.25, 0.3) is 5.91 Å².